The number of aliphatic hydroxyl groups excluding tert-OH is 1. The molecule has 18 nitrogen and oxygen atoms in total. The molecule has 5 heterocycles. The molecule has 4 fully saturated rings. The average Bonchev–Trinajstić information content (AvgIpc) is 3.76. The van der Waals surface area contributed by atoms with Crippen LogP contribution in [0, 0.1) is 6.92 Å². The molecule has 0 amide bonds. The summed E-state index contributed by atoms with van der Waals surface area (Å²) in [6.45, 7) is 4.63. The van der Waals surface area contributed by atoms with Gasteiger partial charge in [0.25, 0.3) is 11.6 Å². The molecule has 0 unspecified atom stereocenters. The molecule has 2 aromatic rings. The quantitative estimate of drug-likeness (QED) is 0.0887. The Morgan fingerprint density at radius 1 is 1.18 bits per heavy atom. The van der Waals surface area contributed by atoms with E-state index in [4.69, 9.17) is 47.4 Å². The average molecular weight is 716 g/mol. The van der Waals surface area contributed by atoms with Crippen molar-refractivity contribution < 1.29 is 72.3 Å². The minimum absolute atomic E-state index is 0.0104. The topological polar surface area (TPSA) is 239 Å². The second-order valence-corrected chi connectivity index (χ2v) is 13.6. The Hall–Kier alpha value is -3.81. The first-order valence-corrected chi connectivity index (χ1v) is 16.4. The van der Waals surface area contributed by atoms with E-state index in [2.05, 4.69) is 10.0 Å². The third-order valence-corrected chi connectivity index (χ3v) is 10.9. The Bertz CT molecular complexity index is 1890. The summed E-state index contributed by atoms with van der Waals surface area (Å²) in [5, 5.41) is 39.4. The second kappa shape index (κ2) is 11.6. The van der Waals surface area contributed by atoms with Crippen LogP contribution in [0.4, 0.5) is 0 Å². The number of benzene rings is 2. The summed E-state index contributed by atoms with van der Waals surface area (Å²) in [5.41, 5.74) is 8.58. The second-order valence-electron chi connectivity index (χ2n) is 13.6. The zero-order chi connectivity index (χ0) is 36.4. The standard InChI is InChI=1S/C33H37N3O15/c1-11-7-14-20(27-19(11)28-29-32(41,49-27)31(10-45-31)33(50-28,51-29)30(43-5)44-6)24(40)22-21(26(14)42-4)17(9-16(38)23(22)39)48-18-8-15(35-36-34)25(12(2)46-18)47-13(3)37/h7,12,15-18,25,28-30,38,40-41H,8-10H2,1-6H3/t12-,15-,16-,17-,18-,25+,28-,29-,31-,32+,33-/m0/s1. The molecule has 2 bridgehead atoms. The van der Waals surface area contributed by atoms with Gasteiger partial charge in [0, 0.05) is 55.4 Å². The van der Waals surface area contributed by atoms with Crippen LogP contribution in [0.3, 0.4) is 0 Å². The van der Waals surface area contributed by atoms with Crippen LogP contribution in [0.1, 0.15) is 65.9 Å². The first-order chi connectivity index (χ1) is 24.3. The van der Waals surface area contributed by atoms with Gasteiger partial charge in [-0.2, -0.15) is 0 Å². The van der Waals surface area contributed by atoms with Crippen molar-refractivity contribution in [2.45, 2.75) is 106 Å². The summed E-state index contributed by atoms with van der Waals surface area (Å²) in [6.07, 6.45) is -8.70. The number of aliphatic hydroxyl groups is 2. The number of ketones is 1. The molecule has 3 N–H and O–H groups in total. The van der Waals surface area contributed by atoms with Gasteiger partial charge in [-0.1, -0.05) is 5.11 Å². The Kier molecular flexibility index (Phi) is 7.80. The Balaban J connectivity index is 1.25. The van der Waals surface area contributed by atoms with E-state index in [-0.39, 0.29) is 47.5 Å². The number of nitrogens with zero attached hydrogens (tertiary/aromatic N) is 3. The van der Waals surface area contributed by atoms with Gasteiger partial charge in [-0.15, -0.1) is 0 Å². The van der Waals surface area contributed by atoms with E-state index >= 15 is 0 Å². The van der Waals surface area contributed by atoms with Crippen LogP contribution in [0.2, 0.25) is 0 Å². The molecule has 5 aliphatic heterocycles. The lowest BCUT2D eigenvalue weighted by Crippen LogP contribution is -2.69. The number of methoxy groups -OCH3 is 3. The van der Waals surface area contributed by atoms with Gasteiger partial charge in [0.1, 0.15) is 35.6 Å². The number of phenols is 1. The Morgan fingerprint density at radius 2 is 1.90 bits per heavy atom. The monoisotopic (exact) mass is 715 g/mol. The Labute approximate surface area is 289 Å². The lowest BCUT2D eigenvalue weighted by atomic mass is 9.77. The first kappa shape index (κ1) is 34.3. The molecule has 4 saturated heterocycles. The van der Waals surface area contributed by atoms with E-state index in [1.165, 1.54) is 28.3 Å². The number of ether oxygens (including phenoxy) is 10. The zero-order valence-corrected chi connectivity index (χ0v) is 28.5. The zero-order valence-electron chi connectivity index (χ0n) is 28.5. The number of carbonyl (C=O) groups excluding carboxylic acids is 2. The number of Topliss-reactive ketones (excluding diaryl/α,β-unsaturated/α-hetero) is 1. The molecule has 6 aliphatic rings. The van der Waals surface area contributed by atoms with E-state index in [1.807, 2.05) is 0 Å². The molecule has 8 rings (SSSR count). The lowest BCUT2D eigenvalue weighted by molar-refractivity contribution is -0.344. The molecule has 2 aromatic carbocycles. The molecule has 1 spiro atoms. The predicted molar refractivity (Wildman–Crippen MR) is 167 cm³/mol. The number of hydrogen-bond acceptors (Lipinski definition) is 16. The fourth-order valence-electron chi connectivity index (χ4n) is 8.69. The van der Waals surface area contributed by atoms with Crippen LogP contribution in [0.5, 0.6) is 17.2 Å². The molecule has 18 heteroatoms. The highest BCUT2D eigenvalue weighted by atomic mass is 16.9. The van der Waals surface area contributed by atoms with Gasteiger partial charge >= 0.3 is 5.97 Å². The highest BCUT2D eigenvalue weighted by Gasteiger charge is 2.92. The highest BCUT2D eigenvalue weighted by Crippen LogP contribution is 2.71. The van der Waals surface area contributed by atoms with Gasteiger partial charge in [0.15, 0.2) is 18.2 Å². The van der Waals surface area contributed by atoms with Gasteiger partial charge < -0.3 is 62.7 Å². The molecule has 0 radical (unpaired) electrons. The first-order valence-electron chi connectivity index (χ1n) is 16.4. The number of epoxide rings is 1. The summed E-state index contributed by atoms with van der Waals surface area (Å²) in [4.78, 5) is 28.4. The van der Waals surface area contributed by atoms with E-state index in [0.717, 1.165) is 0 Å². The molecule has 51 heavy (non-hydrogen) atoms. The van der Waals surface area contributed by atoms with Crippen molar-refractivity contribution in [2.75, 3.05) is 27.9 Å². The summed E-state index contributed by atoms with van der Waals surface area (Å²) in [7, 11) is 4.19. The lowest BCUT2D eigenvalue weighted by Gasteiger charge is -2.47. The van der Waals surface area contributed by atoms with Crippen molar-refractivity contribution in [3.05, 3.63) is 38.8 Å². The fourth-order valence-corrected chi connectivity index (χ4v) is 8.69. The van der Waals surface area contributed by atoms with E-state index in [0.29, 0.717) is 16.5 Å². The van der Waals surface area contributed by atoms with Crippen molar-refractivity contribution in [1.29, 1.82) is 0 Å². The number of aromatic hydroxyl groups is 1. The van der Waals surface area contributed by atoms with Crippen LogP contribution in [-0.4, -0.2) is 115 Å². The van der Waals surface area contributed by atoms with Crippen LogP contribution in [0.25, 0.3) is 21.2 Å². The summed E-state index contributed by atoms with van der Waals surface area (Å²) in [6, 6.07) is 0.882. The number of hydrogen-bond donors (Lipinski definition) is 3. The van der Waals surface area contributed by atoms with Crippen LogP contribution in [-0.2, 0) is 42.7 Å². The number of rotatable bonds is 8. The van der Waals surface area contributed by atoms with Crippen molar-refractivity contribution in [3.8, 4) is 17.2 Å². The smallest absolute Gasteiger partial charge is 0.303 e. The molecule has 274 valence electrons. The molecular weight excluding hydrogens is 678 g/mol. The third-order valence-electron chi connectivity index (χ3n) is 10.9. The molecule has 0 aromatic heterocycles. The maximum absolute atomic E-state index is 13.7. The number of esters is 1. The van der Waals surface area contributed by atoms with Crippen LogP contribution >= 0.6 is 0 Å². The van der Waals surface area contributed by atoms with E-state index < -0.39 is 89.9 Å². The highest BCUT2D eigenvalue weighted by molar-refractivity contribution is 6.13. The van der Waals surface area contributed by atoms with Crippen molar-refractivity contribution in [2.24, 2.45) is 5.11 Å². The minimum Gasteiger partial charge on any atom is -0.506 e. The summed E-state index contributed by atoms with van der Waals surface area (Å²) >= 11 is 0. The van der Waals surface area contributed by atoms with Crippen LogP contribution < -0.4 is 9.47 Å². The number of carbonyl (C=O) groups is 2. The van der Waals surface area contributed by atoms with E-state index in [9.17, 15) is 30.4 Å². The minimum atomic E-state index is -2.13. The number of aryl methyl sites for hydroxylation is 1. The summed E-state index contributed by atoms with van der Waals surface area (Å²) in [5.74, 6) is -5.58. The maximum Gasteiger partial charge on any atom is 0.303 e. The maximum atomic E-state index is 13.7. The number of phenolic OH excluding ortho intramolecular Hbond substituents is 1. The van der Waals surface area contributed by atoms with Crippen molar-refractivity contribution in [1.82, 2.24) is 0 Å². The van der Waals surface area contributed by atoms with Gasteiger partial charge in [0.05, 0.1) is 42.9 Å². The molecule has 11 atom stereocenters. The van der Waals surface area contributed by atoms with Crippen LogP contribution in [0.15, 0.2) is 11.2 Å². The van der Waals surface area contributed by atoms with Gasteiger partial charge in [0.2, 0.25) is 11.9 Å². The van der Waals surface area contributed by atoms with Crippen molar-refractivity contribution in [3.63, 3.8) is 0 Å². The molecule has 1 aliphatic carbocycles. The third kappa shape index (κ3) is 4.40. The normalized spacial score (nSPS) is 38.6. The number of fused-ring (bicyclic) bond motifs is 8. The Morgan fingerprint density at radius 3 is 2.53 bits per heavy atom. The molecular formula is C33H37N3O15. The molecule has 0 saturated carbocycles. The SMILES string of the molecule is COc1c2c(c(O)c3c4c(c(C)cc13)[C@@H]1O[C@@]3(C(OC)OC)O[C@@H]1[C@@](O)(O4)[C@@]31CO1)C(=O)[C@@H](O)C[C@@H]2O[C@H]1C[C@H](N=[N+]=[N-])[C@H](OC(C)=O)[C@H](C)O1. The van der Waals surface area contributed by atoms with Gasteiger partial charge in [-0.05, 0) is 31.0 Å². The number of azide groups is 1. The van der Waals surface area contributed by atoms with Crippen molar-refractivity contribution >= 4 is 22.5 Å². The van der Waals surface area contributed by atoms with Gasteiger partial charge in [-0.3, -0.25) is 9.59 Å². The summed E-state index contributed by atoms with van der Waals surface area (Å²) < 4.78 is 59.8. The predicted octanol–water partition coefficient (Wildman–Crippen LogP) is 2.25. The van der Waals surface area contributed by atoms with Gasteiger partial charge in [-0.25, -0.2) is 0 Å². The fraction of sp³-hybridized carbons (Fsp3) is 0.636. The largest absolute Gasteiger partial charge is 0.506 e. The van der Waals surface area contributed by atoms with E-state index in [1.54, 1.807) is 19.9 Å².